The number of benzene rings is 2. The largest absolute Gasteiger partial charge is 0.550 e. The van der Waals surface area contributed by atoms with Gasteiger partial charge in [-0.1, -0.05) is 30.3 Å². The fourth-order valence-electron chi connectivity index (χ4n) is 2.44. The van der Waals surface area contributed by atoms with Crippen LogP contribution in [-0.4, -0.2) is 21.8 Å². The van der Waals surface area contributed by atoms with Gasteiger partial charge in [-0.05, 0) is 24.6 Å². The van der Waals surface area contributed by atoms with E-state index in [2.05, 4.69) is 15.3 Å². The first-order valence-corrected chi connectivity index (χ1v) is 7.63. The van der Waals surface area contributed by atoms with Gasteiger partial charge >= 0.3 is 0 Å². The quantitative estimate of drug-likeness (QED) is 0.723. The molecule has 0 radical (unpaired) electrons. The molecule has 0 saturated heterocycles. The highest BCUT2D eigenvalue weighted by atomic mass is 16.4. The van der Waals surface area contributed by atoms with Crippen LogP contribution in [0.15, 0.2) is 53.3 Å². The van der Waals surface area contributed by atoms with Gasteiger partial charge in [0.15, 0.2) is 0 Å². The number of carboxylic acids is 1. The van der Waals surface area contributed by atoms with E-state index >= 15 is 0 Å². The van der Waals surface area contributed by atoms with E-state index in [1.165, 1.54) is 0 Å². The van der Waals surface area contributed by atoms with E-state index in [9.17, 15) is 19.5 Å². The molecule has 0 fully saturated rings. The zero-order valence-electron chi connectivity index (χ0n) is 13.1. The highest BCUT2D eigenvalue weighted by Gasteiger charge is 2.13. The van der Waals surface area contributed by atoms with Gasteiger partial charge in [0.1, 0.15) is 5.69 Å². The fraction of sp³-hybridized carbons (Fsp3) is 0.111. The number of amides is 1. The molecule has 0 bridgehead atoms. The number of carbonyl (C=O) groups excluding carboxylic acids is 2. The Morgan fingerprint density at radius 1 is 1.04 bits per heavy atom. The number of carboxylic acid groups (broad SMARTS) is 1. The van der Waals surface area contributed by atoms with Crippen LogP contribution in [0, 0.1) is 0 Å². The van der Waals surface area contributed by atoms with Crippen molar-refractivity contribution >= 4 is 28.6 Å². The van der Waals surface area contributed by atoms with E-state index in [0.717, 1.165) is 0 Å². The smallest absolute Gasteiger partial charge is 0.275 e. The van der Waals surface area contributed by atoms with Crippen molar-refractivity contribution in [3.8, 4) is 11.3 Å². The Kier molecular flexibility index (Phi) is 4.56. The molecule has 1 amide bonds. The van der Waals surface area contributed by atoms with E-state index < -0.39 is 11.9 Å². The first-order chi connectivity index (χ1) is 12.0. The van der Waals surface area contributed by atoms with Gasteiger partial charge in [-0.2, -0.15) is 0 Å². The number of aromatic amines is 1. The lowest BCUT2D eigenvalue weighted by Crippen LogP contribution is -2.24. The number of rotatable bonds is 5. The molecule has 2 N–H and O–H groups in total. The molecule has 3 rings (SSSR count). The van der Waals surface area contributed by atoms with Crippen molar-refractivity contribution in [1.29, 1.82) is 0 Å². The maximum Gasteiger partial charge on any atom is 0.275 e. The van der Waals surface area contributed by atoms with Crippen LogP contribution in [0.3, 0.4) is 0 Å². The van der Waals surface area contributed by atoms with Gasteiger partial charge in [0.05, 0.1) is 16.7 Å². The van der Waals surface area contributed by atoms with Gasteiger partial charge in [-0.25, -0.2) is 4.98 Å². The van der Waals surface area contributed by atoms with Gasteiger partial charge in [0.2, 0.25) is 5.91 Å². The zero-order chi connectivity index (χ0) is 17.8. The van der Waals surface area contributed by atoms with Crippen molar-refractivity contribution in [2.75, 3.05) is 5.32 Å². The molecular formula is C18H14N3O4-. The molecule has 0 saturated carbocycles. The van der Waals surface area contributed by atoms with Gasteiger partial charge in [-0.15, -0.1) is 0 Å². The topological polar surface area (TPSA) is 115 Å². The molecule has 25 heavy (non-hydrogen) atoms. The minimum Gasteiger partial charge on any atom is -0.550 e. The summed E-state index contributed by atoms with van der Waals surface area (Å²) in [7, 11) is 0. The number of H-pyrrole nitrogens is 1. The Balaban J connectivity index is 1.98. The van der Waals surface area contributed by atoms with Crippen molar-refractivity contribution in [3.63, 3.8) is 0 Å². The Morgan fingerprint density at radius 2 is 1.76 bits per heavy atom. The number of fused-ring (bicyclic) bond motifs is 1. The lowest BCUT2D eigenvalue weighted by atomic mass is 10.1. The molecule has 0 atom stereocenters. The first-order valence-electron chi connectivity index (χ1n) is 7.63. The van der Waals surface area contributed by atoms with Gasteiger partial charge in [0, 0.05) is 18.0 Å². The third-order valence-corrected chi connectivity index (χ3v) is 3.61. The second-order valence-electron chi connectivity index (χ2n) is 5.40. The monoisotopic (exact) mass is 336 g/mol. The van der Waals surface area contributed by atoms with E-state index in [0.29, 0.717) is 22.3 Å². The molecule has 0 aliphatic rings. The number of para-hydroxylation sites is 3. The third kappa shape index (κ3) is 3.72. The molecule has 0 spiro atoms. The minimum absolute atomic E-state index is 0.175. The lowest BCUT2D eigenvalue weighted by Gasteiger charge is -2.11. The van der Waals surface area contributed by atoms with Crippen molar-refractivity contribution in [2.24, 2.45) is 0 Å². The Labute approximate surface area is 142 Å². The maximum atomic E-state index is 12.4. The molecule has 2 aromatic carbocycles. The van der Waals surface area contributed by atoms with Crippen LogP contribution in [-0.2, 0) is 9.59 Å². The molecule has 1 aromatic heterocycles. The molecule has 0 aliphatic heterocycles. The van der Waals surface area contributed by atoms with E-state index in [4.69, 9.17) is 0 Å². The van der Waals surface area contributed by atoms with Crippen LogP contribution >= 0.6 is 0 Å². The Bertz CT molecular complexity index is 1010. The number of nitrogens with zero attached hydrogens (tertiary/aromatic N) is 1. The second kappa shape index (κ2) is 6.96. The van der Waals surface area contributed by atoms with Crippen molar-refractivity contribution in [2.45, 2.75) is 12.8 Å². The van der Waals surface area contributed by atoms with Crippen molar-refractivity contribution < 1.29 is 14.7 Å². The van der Waals surface area contributed by atoms with E-state index in [-0.39, 0.29) is 24.1 Å². The predicted octanol–water partition coefficient (Wildman–Crippen LogP) is 1.06. The summed E-state index contributed by atoms with van der Waals surface area (Å²) in [6.45, 7) is 0. The normalized spacial score (nSPS) is 10.6. The summed E-state index contributed by atoms with van der Waals surface area (Å²) < 4.78 is 0. The molecular weight excluding hydrogens is 322 g/mol. The summed E-state index contributed by atoms with van der Waals surface area (Å²) in [5.41, 5.74) is 1.88. The standard InChI is InChI=1S/C18H15N3O4/c22-15(9-10-16(23)24)19-12-6-2-1-5-11(12)17-18(25)21-14-8-4-3-7-13(14)20-17/h1-8H,9-10H2,(H,19,22)(H,21,25)(H,23,24)/p-1. The lowest BCUT2D eigenvalue weighted by molar-refractivity contribution is -0.305. The molecule has 7 heteroatoms. The number of anilines is 1. The zero-order valence-corrected chi connectivity index (χ0v) is 13.1. The number of hydrogen-bond acceptors (Lipinski definition) is 5. The van der Waals surface area contributed by atoms with Crippen LogP contribution in [0.5, 0.6) is 0 Å². The van der Waals surface area contributed by atoms with Crippen LogP contribution in [0.1, 0.15) is 12.8 Å². The highest BCUT2D eigenvalue weighted by molar-refractivity contribution is 5.96. The number of aromatic nitrogens is 2. The number of hydrogen-bond donors (Lipinski definition) is 2. The molecule has 7 nitrogen and oxygen atoms in total. The average Bonchev–Trinajstić information content (AvgIpc) is 2.60. The third-order valence-electron chi connectivity index (χ3n) is 3.61. The average molecular weight is 336 g/mol. The summed E-state index contributed by atoms with van der Waals surface area (Å²) in [6, 6.07) is 13.9. The number of aliphatic carboxylic acids is 1. The summed E-state index contributed by atoms with van der Waals surface area (Å²) in [6.07, 6.45) is -0.582. The summed E-state index contributed by atoms with van der Waals surface area (Å²) in [4.78, 5) is 41.9. The summed E-state index contributed by atoms with van der Waals surface area (Å²) in [5, 5.41) is 13.1. The number of carbonyl (C=O) groups is 2. The first kappa shape index (κ1) is 16.4. The van der Waals surface area contributed by atoms with E-state index in [1.54, 1.807) is 42.5 Å². The molecule has 0 unspecified atom stereocenters. The predicted molar refractivity (Wildman–Crippen MR) is 90.7 cm³/mol. The van der Waals surface area contributed by atoms with Gasteiger partial charge in [-0.3, -0.25) is 9.59 Å². The Hall–Kier alpha value is -3.48. The molecule has 1 heterocycles. The Morgan fingerprint density at radius 3 is 2.56 bits per heavy atom. The van der Waals surface area contributed by atoms with Crippen LogP contribution in [0.2, 0.25) is 0 Å². The SMILES string of the molecule is O=C([O-])CCC(=O)Nc1ccccc1-c1nc2ccccc2[nH]c1=O. The van der Waals surface area contributed by atoms with Gasteiger partial charge in [0.25, 0.3) is 5.56 Å². The number of nitrogens with one attached hydrogen (secondary N) is 2. The van der Waals surface area contributed by atoms with E-state index in [1.807, 2.05) is 6.07 Å². The fourth-order valence-corrected chi connectivity index (χ4v) is 2.44. The van der Waals surface area contributed by atoms with Crippen molar-refractivity contribution in [1.82, 2.24) is 9.97 Å². The second-order valence-corrected chi connectivity index (χ2v) is 5.40. The molecule has 3 aromatic rings. The van der Waals surface area contributed by atoms with Crippen molar-refractivity contribution in [3.05, 3.63) is 58.9 Å². The summed E-state index contributed by atoms with van der Waals surface area (Å²) in [5.74, 6) is -1.77. The van der Waals surface area contributed by atoms with Gasteiger partial charge < -0.3 is 20.2 Å². The van der Waals surface area contributed by atoms with Crippen LogP contribution < -0.4 is 16.0 Å². The highest BCUT2D eigenvalue weighted by Crippen LogP contribution is 2.25. The maximum absolute atomic E-state index is 12.4. The van der Waals surface area contributed by atoms with Crippen LogP contribution in [0.25, 0.3) is 22.3 Å². The van der Waals surface area contributed by atoms with Crippen LogP contribution in [0.4, 0.5) is 5.69 Å². The minimum atomic E-state index is -1.30. The molecule has 126 valence electrons. The molecule has 0 aliphatic carbocycles. The summed E-state index contributed by atoms with van der Waals surface area (Å²) >= 11 is 0.